The number of carboxylic acid groups (broad SMARTS) is 1. The number of carbonyl (C=O) groups is 2. The molecule has 98 valence electrons. The summed E-state index contributed by atoms with van der Waals surface area (Å²) < 4.78 is 5.32. The van der Waals surface area contributed by atoms with Crippen LogP contribution >= 0.6 is 0 Å². The summed E-state index contributed by atoms with van der Waals surface area (Å²) in [6, 6.07) is 3.32. The summed E-state index contributed by atoms with van der Waals surface area (Å²) in [5.74, 6) is -0.0848. The number of carbonyl (C=O) groups excluding carboxylic acids is 1. The quantitative estimate of drug-likeness (QED) is 0.849. The van der Waals surface area contributed by atoms with Crippen LogP contribution in [0.25, 0.3) is 0 Å². The molecule has 1 heterocycles. The molecule has 1 aromatic heterocycles. The largest absolute Gasteiger partial charge is 0.481 e. The molecule has 1 saturated carbocycles. The second kappa shape index (κ2) is 5.25. The van der Waals surface area contributed by atoms with Crippen molar-refractivity contribution in [1.29, 1.82) is 0 Å². The third kappa shape index (κ3) is 2.91. The van der Waals surface area contributed by atoms with Crippen LogP contribution in [0.5, 0.6) is 0 Å². The standard InChI is InChI=1S/C13H17NO4/c1-8-5-6-9(18-8)7-12(15)14-11-4-2-3-10(11)13(16)17/h5-6,10-11H,2-4,7H2,1H3,(H,14,15)(H,16,17)/t10-,11+/m0/s1. The first-order valence-electron chi connectivity index (χ1n) is 6.14. The van der Waals surface area contributed by atoms with Crippen molar-refractivity contribution in [2.24, 2.45) is 5.92 Å². The highest BCUT2D eigenvalue weighted by Crippen LogP contribution is 2.25. The number of aliphatic carboxylic acids is 1. The Hall–Kier alpha value is -1.78. The zero-order valence-electron chi connectivity index (χ0n) is 10.3. The van der Waals surface area contributed by atoms with Gasteiger partial charge in [0.25, 0.3) is 0 Å². The van der Waals surface area contributed by atoms with Crippen molar-refractivity contribution < 1.29 is 19.1 Å². The Morgan fingerprint density at radius 2 is 2.22 bits per heavy atom. The normalized spacial score (nSPS) is 22.9. The first-order chi connectivity index (χ1) is 8.56. The van der Waals surface area contributed by atoms with Crippen molar-refractivity contribution in [3.63, 3.8) is 0 Å². The summed E-state index contributed by atoms with van der Waals surface area (Å²) in [4.78, 5) is 22.8. The van der Waals surface area contributed by atoms with E-state index in [1.165, 1.54) is 0 Å². The monoisotopic (exact) mass is 251 g/mol. The van der Waals surface area contributed by atoms with Crippen molar-refractivity contribution in [2.75, 3.05) is 0 Å². The number of carboxylic acids is 1. The van der Waals surface area contributed by atoms with Crippen LogP contribution in [0.1, 0.15) is 30.8 Å². The third-order valence-corrected chi connectivity index (χ3v) is 3.31. The molecule has 0 aliphatic heterocycles. The predicted octanol–water partition coefficient (Wildman–Crippen LogP) is 1.50. The Morgan fingerprint density at radius 3 is 2.83 bits per heavy atom. The molecule has 5 nitrogen and oxygen atoms in total. The highest BCUT2D eigenvalue weighted by Gasteiger charge is 2.33. The van der Waals surface area contributed by atoms with Crippen LogP contribution in [0.4, 0.5) is 0 Å². The van der Waals surface area contributed by atoms with Crippen LogP contribution in [-0.4, -0.2) is 23.0 Å². The fourth-order valence-corrected chi connectivity index (χ4v) is 2.42. The predicted molar refractivity (Wildman–Crippen MR) is 64.1 cm³/mol. The van der Waals surface area contributed by atoms with Gasteiger partial charge in [0, 0.05) is 6.04 Å². The maximum absolute atomic E-state index is 11.8. The van der Waals surface area contributed by atoms with E-state index in [0.717, 1.165) is 18.6 Å². The molecule has 2 N–H and O–H groups in total. The van der Waals surface area contributed by atoms with E-state index in [2.05, 4.69) is 5.32 Å². The summed E-state index contributed by atoms with van der Waals surface area (Å²) in [6.45, 7) is 1.82. The molecular formula is C13H17NO4. The van der Waals surface area contributed by atoms with Crippen molar-refractivity contribution in [2.45, 2.75) is 38.6 Å². The van der Waals surface area contributed by atoms with Gasteiger partial charge in [-0.3, -0.25) is 9.59 Å². The van der Waals surface area contributed by atoms with E-state index in [0.29, 0.717) is 12.2 Å². The molecule has 0 radical (unpaired) electrons. The molecule has 18 heavy (non-hydrogen) atoms. The highest BCUT2D eigenvalue weighted by molar-refractivity contribution is 5.79. The van der Waals surface area contributed by atoms with Gasteiger partial charge in [0.05, 0.1) is 12.3 Å². The van der Waals surface area contributed by atoms with Gasteiger partial charge in [-0.15, -0.1) is 0 Å². The topological polar surface area (TPSA) is 79.5 Å². The van der Waals surface area contributed by atoms with Gasteiger partial charge < -0.3 is 14.8 Å². The van der Waals surface area contributed by atoms with Crippen molar-refractivity contribution >= 4 is 11.9 Å². The summed E-state index contributed by atoms with van der Waals surface area (Å²) in [6.07, 6.45) is 2.39. The van der Waals surface area contributed by atoms with E-state index in [4.69, 9.17) is 9.52 Å². The van der Waals surface area contributed by atoms with E-state index in [-0.39, 0.29) is 18.4 Å². The van der Waals surface area contributed by atoms with Crippen LogP contribution in [0, 0.1) is 12.8 Å². The minimum absolute atomic E-state index is 0.163. The lowest BCUT2D eigenvalue weighted by Crippen LogP contribution is -2.40. The van der Waals surface area contributed by atoms with Gasteiger partial charge in [-0.1, -0.05) is 6.42 Å². The Bertz CT molecular complexity index is 452. The molecule has 0 spiro atoms. The first-order valence-corrected chi connectivity index (χ1v) is 6.14. The average Bonchev–Trinajstić information content (AvgIpc) is 2.87. The Labute approximate surface area is 105 Å². The van der Waals surface area contributed by atoms with Gasteiger partial charge in [-0.2, -0.15) is 0 Å². The first kappa shape index (κ1) is 12.7. The molecule has 0 aromatic carbocycles. The molecule has 2 atom stereocenters. The van der Waals surface area contributed by atoms with Crippen LogP contribution in [-0.2, 0) is 16.0 Å². The lowest BCUT2D eigenvalue weighted by Gasteiger charge is -2.17. The number of hydrogen-bond donors (Lipinski definition) is 2. The molecule has 1 amide bonds. The second-order valence-corrected chi connectivity index (χ2v) is 4.74. The van der Waals surface area contributed by atoms with E-state index in [1.54, 1.807) is 12.1 Å². The molecule has 5 heteroatoms. The SMILES string of the molecule is Cc1ccc(CC(=O)N[C@@H]2CCC[C@@H]2C(=O)O)o1. The fourth-order valence-electron chi connectivity index (χ4n) is 2.42. The zero-order chi connectivity index (χ0) is 13.1. The Morgan fingerprint density at radius 1 is 1.44 bits per heavy atom. The van der Waals surface area contributed by atoms with Gasteiger partial charge in [0.15, 0.2) is 0 Å². The van der Waals surface area contributed by atoms with Crippen molar-refractivity contribution in [3.8, 4) is 0 Å². The minimum atomic E-state index is -0.827. The molecule has 1 aromatic rings. The maximum atomic E-state index is 11.8. The summed E-state index contributed by atoms with van der Waals surface area (Å²) >= 11 is 0. The molecule has 1 fully saturated rings. The molecular weight excluding hydrogens is 234 g/mol. The lowest BCUT2D eigenvalue weighted by molar-refractivity contribution is -0.142. The summed E-state index contributed by atoms with van der Waals surface area (Å²) in [5.41, 5.74) is 0. The maximum Gasteiger partial charge on any atom is 0.308 e. The van der Waals surface area contributed by atoms with E-state index < -0.39 is 11.9 Å². The van der Waals surface area contributed by atoms with Gasteiger partial charge in [0.1, 0.15) is 11.5 Å². The molecule has 2 rings (SSSR count). The van der Waals surface area contributed by atoms with Crippen molar-refractivity contribution in [3.05, 3.63) is 23.7 Å². The van der Waals surface area contributed by atoms with E-state index in [1.807, 2.05) is 6.92 Å². The Balaban J connectivity index is 1.89. The number of furan rings is 1. The summed E-state index contributed by atoms with van der Waals surface area (Å²) in [5, 5.41) is 11.8. The molecule has 0 unspecified atom stereocenters. The number of nitrogens with one attached hydrogen (secondary N) is 1. The van der Waals surface area contributed by atoms with Gasteiger partial charge >= 0.3 is 5.97 Å². The third-order valence-electron chi connectivity index (χ3n) is 3.31. The molecule has 1 aliphatic rings. The number of hydrogen-bond acceptors (Lipinski definition) is 3. The van der Waals surface area contributed by atoms with Gasteiger partial charge in [-0.05, 0) is 31.9 Å². The van der Waals surface area contributed by atoms with Crippen LogP contribution in [0.3, 0.4) is 0 Å². The molecule has 0 saturated heterocycles. The number of aryl methyl sites for hydroxylation is 1. The lowest BCUT2D eigenvalue weighted by atomic mass is 10.0. The molecule has 0 bridgehead atoms. The fraction of sp³-hybridized carbons (Fsp3) is 0.538. The van der Waals surface area contributed by atoms with Crippen LogP contribution in [0.15, 0.2) is 16.5 Å². The molecule has 1 aliphatic carbocycles. The van der Waals surface area contributed by atoms with Gasteiger partial charge in [-0.25, -0.2) is 0 Å². The number of rotatable bonds is 4. The Kier molecular flexibility index (Phi) is 3.69. The van der Waals surface area contributed by atoms with Gasteiger partial charge in [0.2, 0.25) is 5.91 Å². The second-order valence-electron chi connectivity index (χ2n) is 4.74. The zero-order valence-corrected chi connectivity index (χ0v) is 10.3. The van der Waals surface area contributed by atoms with Crippen LogP contribution in [0.2, 0.25) is 0 Å². The number of amides is 1. The smallest absolute Gasteiger partial charge is 0.308 e. The van der Waals surface area contributed by atoms with Crippen molar-refractivity contribution in [1.82, 2.24) is 5.32 Å². The average molecular weight is 251 g/mol. The van der Waals surface area contributed by atoms with Crippen LogP contribution < -0.4 is 5.32 Å². The van der Waals surface area contributed by atoms with E-state index >= 15 is 0 Å². The summed E-state index contributed by atoms with van der Waals surface area (Å²) in [7, 11) is 0. The van der Waals surface area contributed by atoms with E-state index in [9.17, 15) is 9.59 Å². The minimum Gasteiger partial charge on any atom is -0.481 e. The highest BCUT2D eigenvalue weighted by atomic mass is 16.4.